The van der Waals surface area contributed by atoms with Gasteiger partial charge in [-0.1, -0.05) is 25.4 Å². The molecular formula is C14H23ClN4. The second kappa shape index (κ2) is 5.95. The van der Waals surface area contributed by atoms with Crippen LogP contribution in [0, 0.1) is 5.41 Å². The van der Waals surface area contributed by atoms with Crippen LogP contribution < -0.4 is 10.6 Å². The third-order valence-corrected chi connectivity index (χ3v) is 4.04. The molecule has 1 aromatic rings. The van der Waals surface area contributed by atoms with Gasteiger partial charge in [0.1, 0.15) is 5.02 Å². The summed E-state index contributed by atoms with van der Waals surface area (Å²) >= 11 is 6.16. The predicted octanol–water partition coefficient (Wildman–Crippen LogP) is 3.94. The van der Waals surface area contributed by atoms with E-state index in [2.05, 4.69) is 34.4 Å². The van der Waals surface area contributed by atoms with E-state index in [1.54, 1.807) is 6.20 Å². The van der Waals surface area contributed by atoms with Crippen molar-refractivity contribution in [1.29, 1.82) is 0 Å². The molecule has 1 aromatic heterocycles. The van der Waals surface area contributed by atoms with Crippen molar-refractivity contribution in [3.63, 3.8) is 0 Å². The van der Waals surface area contributed by atoms with Crippen LogP contribution in [0.5, 0.6) is 0 Å². The van der Waals surface area contributed by atoms with Crippen molar-refractivity contribution in [2.45, 2.75) is 52.5 Å². The first kappa shape index (κ1) is 14.4. The quantitative estimate of drug-likeness (QED) is 0.878. The monoisotopic (exact) mass is 282 g/mol. The molecule has 5 heteroatoms. The molecule has 106 valence electrons. The molecule has 4 nitrogen and oxygen atoms in total. The fourth-order valence-corrected chi connectivity index (χ4v) is 2.59. The Bertz CT molecular complexity index is 423. The molecular weight excluding hydrogens is 260 g/mol. The van der Waals surface area contributed by atoms with Crippen LogP contribution in [0.1, 0.15) is 46.5 Å². The van der Waals surface area contributed by atoms with Gasteiger partial charge < -0.3 is 10.6 Å². The average Bonchev–Trinajstić information content (AvgIpc) is 2.36. The van der Waals surface area contributed by atoms with E-state index in [1.807, 2.05) is 6.92 Å². The summed E-state index contributed by atoms with van der Waals surface area (Å²) in [4.78, 5) is 8.58. The third kappa shape index (κ3) is 3.96. The molecule has 1 heterocycles. The van der Waals surface area contributed by atoms with Gasteiger partial charge in [-0.05, 0) is 38.0 Å². The van der Waals surface area contributed by atoms with E-state index >= 15 is 0 Å². The summed E-state index contributed by atoms with van der Waals surface area (Å²) in [5.74, 6) is 1.38. The minimum atomic E-state index is 0.468. The molecule has 19 heavy (non-hydrogen) atoms. The Morgan fingerprint density at radius 3 is 2.68 bits per heavy atom. The maximum Gasteiger partial charge on any atom is 0.224 e. The maximum atomic E-state index is 6.16. The molecule has 0 bridgehead atoms. The zero-order chi connectivity index (χ0) is 13.9. The SMILES string of the molecule is CCNc1ncc(Cl)c(NC2CCC(C)(C)CC2)n1. The van der Waals surface area contributed by atoms with Crippen LogP contribution >= 0.6 is 11.6 Å². The van der Waals surface area contributed by atoms with Crippen molar-refractivity contribution < 1.29 is 0 Å². The van der Waals surface area contributed by atoms with Gasteiger partial charge in [0.2, 0.25) is 5.95 Å². The molecule has 0 atom stereocenters. The number of anilines is 2. The minimum Gasteiger partial charge on any atom is -0.366 e. The number of rotatable bonds is 4. The molecule has 2 N–H and O–H groups in total. The van der Waals surface area contributed by atoms with Crippen LogP contribution in [0.3, 0.4) is 0 Å². The molecule has 0 radical (unpaired) electrons. The van der Waals surface area contributed by atoms with Gasteiger partial charge in [0, 0.05) is 12.6 Å². The van der Waals surface area contributed by atoms with Crippen LogP contribution in [0.15, 0.2) is 6.20 Å². The molecule has 0 aromatic carbocycles. The predicted molar refractivity (Wildman–Crippen MR) is 80.9 cm³/mol. The second-order valence-corrected chi connectivity index (χ2v) is 6.41. The van der Waals surface area contributed by atoms with Gasteiger partial charge in [-0.25, -0.2) is 4.98 Å². The second-order valence-electron chi connectivity index (χ2n) is 6.00. The highest BCUT2D eigenvalue weighted by atomic mass is 35.5. The van der Waals surface area contributed by atoms with Crippen molar-refractivity contribution in [2.75, 3.05) is 17.2 Å². The average molecular weight is 283 g/mol. The van der Waals surface area contributed by atoms with E-state index in [4.69, 9.17) is 11.6 Å². The van der Waals surface area contributed by atoms with Gasteiger partial charge in [0.25, 0.3) is 0 Å². The van der Waals surface area contributed by atoms with E-state index < -0.39 is 0 Å². The van der Waals surface area contributed by atoms with Crippen molar-refractivity contribution in [3.8, 4) is 0 Å². The summed E-state index contributed by atoms with van der Waals surface area (Å²) in [5, 5.41) is 7.16. The number of hydrogen-bond acceptors (Lipinski definition) is 4. The molecule has 0 spiro atoms. The lowest BCUT2D eigenvalue weighted by Gasteiger charge is -2.34. The Morgan fingerprint density at radius 2 is 2.05 bits per heavy atom. The molecule has 0 saturated heterocycles. The molecule has 1 fully saturated rings. The van der Waals surface area contributed by atoms with E-state index in [9.17, 15) is 0 Å². The summed E-state index contributed by atoms with van der Waals surface area (Å²) in [6, 6.07) is 0.468. The van der Waals surface area contributed by atoms with Crippen molar-refractivity contribution >= 4 is 23.4 Å². The topological polar surface area (TPSA) is 49.8 Å². The lowest BCUT2D eigenvalue weighted by molar-refractivity contribution is 0.232. The van der Waals surface area contributed by atoms with Crippen LogP contribution in [0.4, 0.5) is 11.8 Å². The van der Waals surface area contributed by atoms with Crippen molar-refractivity contribution in [2.24, 2.45) is 5.41 Å². The molecule has 0 unspecified atom stereocenters. The van der Waals surface area contributed by atoms with Crippen molar-refractivity contribution in [3.05, 3.63) is 11.2 Å². The zero-order valence-corrected chi connectivity index (χ0v) is 12.7. The van der Waals surface area contributed by atoms with E-state index in [-0.39, 0.29) is 0 Å². The molecule has 0 aliphatic heterocycles. The smallest absolute Gasteiger partial charge is 0.224 e. The number of nitrogens with one attached hydrogen (secondary N) is 2. The summed E-state index contributed by atoms with van der Waals surface area (Å²) in [7, 11) is 0. The molecule has 2 rings (SSSR count). The molecule has 1 saturated carbocycles. The first-order valence-electron chi connectivity index (χ1n) is 7.03. The Morgan fingerprint density at radius 1 is 1.37 bits per heavy atom. The number of aromatic nitrogens is 2. The van der Waals surface area contributed by atoms with Gasteiger partial charge >= 0.3 is 0 Å². The Labute approximate surface area is 120 Å². The molecule has 0 amide bonds. The number of nitrogens with zero attached hydrogens (tertiary/aromatic N) is 2. The van der Waals surface area contributed by atoms with Gasteiger partial charge in [-0.3, -0.25) is 0 Å². The Balaban J connectivity index is 2.00. The largest absolute Gasteiger partial charge is 0.366 e. The lowest BCUT2D eigenvalue weighted by Crippen LogP contribution is -2.30. The summed E-state index contributed by atoms with van der Waals surface area (Å²) in [6.07, 6.45) is 6.48. The van der Waals surface area contributed by atoms with Crippen LogP contribution in [0.2, 0.25) is 5.02 Å². The first-order valence-corrected chi connectivity index (χ1v) is 7.41. The zero-order valence-electron chi connectivity index (χ0n) is 12.0. The van der Waals surface area contributed by atoms with Crippen LogP contribution in [0.25, 0.3) is 0 Å². The van der Waals surface area contributed by atoms with Gasteiger partial charge in [-0.2, -0.15) is 4.98 Å². The van der Waals surface area contributed by atoms with Crippen LogP contribution in [-0.2, 0) is 0 Å². The number of hydrogen-bond donors (Lipinski definition) is 2. The normalized spacial score (nSPS) is 19.2. The summed E-state index contributed by atoms with van der Waals surface area (Å²) < 4.78 is 0. The highest BCUT2D eigenvalue weighted by molar-refractivity contribution is 6.32. The highest BCUT2D eigenvalue weighted by Crippen LogP contribution is 2.36. The van der Waals surface area contributed by atoms with Gasteiger partial charge in [-0.15, -0.1) is 0 Å². The fourth-order valence-electron chi connectivity index (χ4n) is 2.45. The lowest BCUT2D eigenvalue weighted by atomic mass is 9.75. The van der Waals surface area contributed by atoms with Gasteiger partial charge in [0.05, 0.1) is 6.20 Å². The third-order valence-electron chi connectivity index (χ3n) is 3.76. The van der Waals surface area contributed by atoms with Crippen molar-refractivity contribution in [1.82, 2.24) is 9.97 Å². The minimum absolute atomic E-state index is 0.468. The summed E-state index contributed by atoms with van der Waals surface area (Å²) in [5.41, 5.74) is 0.475. The maximum absolute atomic E-state index is 6.16. The van der Waals surface area contributed by atoms with Crippen LogP contribution in [-0.4, -0.2) is 22.6 Å². The standard InChI is InChI=1S/C14H23ClN4/c1-4-16-13-17-9-11(15)12(19-13)18-10-5-7-14(2,3)8-6-10/h9-10H,4-8H2,1-3H3,(H2,16,17,18,19). The Kier molecular flexibility index (Phi) is 4.50. The van der Waals surface area contributed by atoms with Gasteiger partial charge in [0.15, 0.2) is 5.82 Å². The highest BCUT2D eigenvalue weighted by Gasteiger charge is 2.27. The first-order chi connectivity index (χ1) is 9.00. The summed E-state index contributed by atoms with van der Waals surface area (Å²) in [6.45, 7) is 7.50. The molecule has 1 aliphatic carbocycles. The van der Waals surface area contributed by atoms with E-state index in [0.29, 0.717) is 22.4 Å². The fraction of sp³-hybridized carbons (Fsp3) is 0.714. The van der Waals surface area contributed by atoms with E-state index in [0.717, 1.165) is 12.4 Å². The molecule has 1 aliphatic rings. The Hall–Kier alpha value is -1.03. The number of halogens is 1. The van der Waals surface area contributed by atoms with E-state index in [1.165, 1.54) is 25.7 Å².